The van der Waals surface area contributed by atoms with Gasteiger partial charge in [-0.15, -0.1) is 0 Å². The van der Waals surface area contributed by atoms with Gasteiger partial charge in [-0.25, -0.2) is 23.1 Å². The number of carbonyl (C=O) groups excluding carboxylic acids is 1. The van der Waals surface area contributed by atoms with Crippen LogP contribution in [0.1, 0.15) is 30.5 Å². The molecule has 0 aliphatic heterocycles. The van der Waals surface area contributed by atoms with Gasteiger partial charge in [-0.3, -0.25) is 4.79 Å². The van der Waals surface area contributed by atoms with E-state index in [1.54, 1.807) is 25.1 Å². The Labute approximate surface area is 170 Å². The number of aromatic nitrogens is 2. The third-order valence-electron chi connectivity index (χ3n) is 4.38. The first-order valence-corrected chi connectivity index (χ1v) is 10.7. The monoisotopic (exact) mass is 410 g/mol. The molecule has 0 spiro atoms. The van der Waals surface area contributed by atoms with Crippen LogP contribution >= 0.6 is 0 Å². The molecule has 1 aromatic heterocycles. The lowest BCUT2D eigenvalue weighted by Gasteiger charge is -2.15. The Morgan fingerprint density at radius 1 is 1.03 bits per heavy atom. The van der Waals surface area contributed by atoms with Crippen molar-refractivity contribution < 1.29 is 13.2 Å². The van der Waals surface area contributed by atoms with Crippen LogP contribution in [0.5, 0.6) is 0 Å². The van der Waals surface area contributed by atoms with E-state index < -0.39 is 10.0 Å². The quantitative estimate of drug-likeness (QED) is 0.618. The van der Waals surface area contributed by atoms with Gasteiger partial charge >= 0.3 is 0 Å². The second kappa shape index (κ2) is 8.83. The predicted octanol–water partition coefficient (Wildman–Crippen LogP) is 3.72. The van der Waals surface area contributed by atoms with Crippen molar-refractivity contribution in [2.24, 2.45) is 0 Å². The van der Waals surface area contributed by atoms with E-state index in [0.717, 1.165) is 5.56 Å². The number of benzene rings is 2. The molecular weight excluding hydrogens is 388 g/mol. The molecule has 8 heteroatoms. The zero-order valence-electron chi connectivity index (χ0n) is 16.2. The maximum Gasteiger partial charge on any atom is 0.264 e. The maximum absolute atomic E-state index is 12.6. The summed E-state index contributed by atoms with van der Waals surface area (Å²) in [6.07, 6.45) is 2.14. The SMILES string of the molecule is CCC(C(=O)Nc1ccc(S(=O)(=O)Nc2nccc(C)n2)cc1)c1ccccc1. The molecule has 0 aliphatic carbocycles. The number of rotatable bonds is 7. The number of hydrogen-bond donors (Lipinski definition) is 2. The fraction of sp³-hybridized carbons (Fsp3) is 0.190. The van der Waals surface area contributed by atoms with Crippen LogP contribution in [0.2, 0.25) is 0 Å². The van der Waals surface area contributed by atoms with E-state index in [4.69, 9.17) is 0 Å². The highest BCUT2D eigenvalue weighted by Crippen LogP contribution is 2.22. The highest BCUT2D eigenvalue weighted by Gasteiger charge is 2.19. The minimum atomic E-state index is -3.83. The van der Waals surface area contributed by atoms with E-state index in [-0.39, 0.29) is 22.7 Å². The summed E-state index contributed by atoms with van der Waals surface area (Å²) in [7, 11) is -3.83. The smallest absolute Gasteiger partial charge is 0.264 e. The summed E-state index contributed by atoms with van der Waals surface area (Å²) in [5, 5.41) is 2.85. The van der Waals surface area contributed by atoms with E-state index in [9.17, 15) is 13.2 Å². The van der Waals surface area contributed by atoms with Crippen molar-refractivity contribution >= 4 is 27.6 Å². The van der Waals surface area contributed by atoms with E-state index in [1.165, 1.54) is 18.3 Å². The Morgan fingerprint density at radius 3 is 2.34 bits per heavy atom. The molecule has 0 aliphatic rings. The molecule has 0 saturated heterocycles. The number of carbonyl (C=O) groups is 1. The van der Waals surface area contributed by atoms with Gasteiger partial charge in [-0.1, -0.05) is 37.3 Å². The molecule has 0 bridgehead atoms. The van der Waals surface area contributed by atoms with Crippen molar-refractivity contribution in [2.75, 3.05) is 10.0 Å². The molecule has 1 heterocycles. The fourth-order valence-corrected chi connectivity index (χ4v) is 3.83. The Balaban J connectivity index is 1.71. The van der Waals surface area contributed by atoms with Crippen molar-refractivity contribution in [3.8, 4) is 0 Å². The van der Waals surface area contributed by atoms with E-state index in [0.29, 0.717) is 17.8 Å². The van der Waals surface area contributed by atoms with Crippen LogP contribution in [0.4, 0.5) is 11.6 Å². The van der Waals surface area contributed by atoms with Crippen molar-refractivity contribution in [3.63, 3.8) is 0 Å². The molecule has 150 valence electrons. The van der Waals surface area contributed by atoms with E-state index >= 15 is 0 Å². The molecule has 2 N–H and O–H groups in total. The van der Waals surface area contributed by atoms with Crippen molar-refractivity contribution in [3.05, 3.63) is 78.1 Å². The van der Waals surface area contributed by atoms with Gasteiger partial charge in [0.15, 0.2) is 0 Å². The summed E-state index contributed by atoms with van der Waals surface area (Å²) >= 11 is 0. The minimum absolute atomic E-state index is 0.0102. The standard InChI is InChI=1S/C21H22N4O3S/c1-3-19(16-7-5-4-6-8-16)20(26)24-17-9-11-18(12-10-17)29(27,28)25-21-22-14-13-15(2)23-21/h4-14,19H,3H2,1-2H3,(H,24,26)(H,22,23,25). The average molecular weight is 410 g/mol. The largest absolute Gasteiger partial charge is 0.326 e. The van der Waals surface area contributed by atoms with Gasteiger partial charge in [0.2, 0.25) is 11.9 Å². The fourth-order valence-electron chi connectivity index (χ4n) is 2.88. The Morgan fingerprint density at radius 2 is 1.72 bits per heavy atom. The molecule has 1 amide bonds. The van der Waals surface area contributed by atoms with E-state index in [2.05, 4.69) is 20.0 Å². The Bertz CT molecular complexity index is 1080. The molecule has 0 radical (unpaired) electrons. The summed E-state index contributed by atoms with van der Waals surface area (Å²) in [5.74, 6) is -0.406. The number of aryl methyl sites for hydroxylation is 1. The van der Waals surface area contributed by atoms with Crippen LogP contribution in [0.3, 0.4) is 0 Å². The first-order chi connectivity index (χ1) is 13.9. The van der Waals surface area contributed by atoms with Crippen molar-refractivity contribution in [1.82, 2.24) is 9.97 Å². The Hall–Kier alpha value is -3.26. The predicted molar refractivity (Wildman–Crippen MR) is 112 cm³/mol. The Kier molecular flexibility index (Phi) is 6.23. The lowest BCUT2D eigenvalue weighted by molar-refractivity contribution is -0.117. The summed E-state index contributed by atoms with van der Waals surface area (Å²) in [5.41, 5.74) is 2.11. The number of nitrogens with zero attached hydrogens (tertiary/aromatic N) is 2. The lowest BCUT2D eigenvalue weighted by Crippen LogP contribution is -2.20. The van der Waals surface area contributed by atoms with Crippen molar-refractivity contribution in [1.29, 1.82) is 0 Å². The molecule has 7 nitrogen and oxygen atoms in total. The third-order valence-corrected chi connectivity index (χ3v) is 5.72. The molecular formula is C21H22N4O3S. The highest BCUT2D eigenvalue weighted by molar-refractivity contribution is 7.92. The van der Waals surface area contributed by atoms with E-state index in [1.807, 2.05) is 37.3 Å². The topological polar surface area (TPSA) is 101 Å². The normalized spacial score (nSPS) is 12.2. The number of amides is 1. The van der Waals surface area contributed by atoms with Crippen LogP contribution in [-0.4, -0.2) is 24.3 Å². The van der Waals surface area contributed by atoms with Gasteiger partial charge in [0.05, 0.1) is 10.8 Å². The first-order valence-electron chi connectivity index (χ1n) is 9.17. The lowest BCUT2D eigenvalue weighted by atomic mass is 9.95. The molecule has 1 unspecified atom stereocenters. The number of anilines is 2. The average Bonchev–Trinajstić information content (AvgIpc) is 2.69. The van der Waals surface area contributed by atoms with Gasteiger partial charge in [0, 0.05) is 17.6 Å². The number of sulfonamides is 1. The third kappa shape index (κ3) is 5.17. The number of hydrogen-bond acceptors (Lipinski definition) is 5. The van der Waals surface area contributed by atoms with Gasteiger partial charge in [-0.05, 0) is 49.2 Å². The zero-order chi connectivity index (χ0) is 20.9. The van der Waals surface area contributed by atoms with Crippen LogP contribution in [0.25, 0.3) is 0 Å². The van der Waals surface area contributed by atoms with Crippen LogP contribution in [0, 0.1) is 6.92 Å². The van der Waals surface area contributed by atoms with Gasteiger partial charge in [-0.2, -0.15) is 0 Å². The molecule has 29 heavy (non-hydrogen) atoms. The molecule has 0 saturated carbocycles. The summed E-state index contributed by atoms with van der Waals surface area (Å²) in [6, 6.07) is 17.2. The summed E-state index contributed by atoms with van der Waals surface area (Å²) in [4.78, 5) is 20.6. The minimum Gasteiger partial charge on any atom is -0.326 e. The zero-order valence-corrected chi connectivity index (χ0v) is 17.0. The van der Waals surface area contributed by atoms with Gasteiger partial charge in [0.1, 0.15) is 0 Å². The molecule has 0 fully saturated rings. The second-order valence-corrected chi connectivity index (χ2v) is 8.19. The van der Waals surface area contributed by atoms with Gasteiger partial charge < -0.3 is 5.32 Å². The molecule has 2 aromatic carbocycles. The first kappa shape index (κ1) is 20.5. The second-order valence-electron chi connectivity index (χ2n) is 6.51. The van der Waals surface area contributed by atoms with Crippen LogP contribution in [0.15, 0.2) is 71.8 Å². The molecule has 3 aromatic rings. The molecule has 3 rings (SSSR count). The van der Waals surface area contributed by atoms with Crippen LogP contribution < -0.4 is 10.0 Å². The van der Waals surface area contributed by atoms with Crippen LogP contribution in [-0.2, 0) is 14.8 Å². The van der Waals surface area contributed by atoms with Crippen molar-refractivity contribution in [2.45, 2.75) is 31.1 Å². The molecule has 1 atom stereocenters. The van der Waals surface area contributed by atoms with Gasteiger partial charge in [0.25, 0.3) is 10.0 Å². The maximum atomic E-state index is 12.6. The summed E-state index contributed by atoms with van der Waals surface area (Å²) < 4.78 is 27.4. The summed E-state index contributed by atoms with van der Waals surface area (Å²) in [6.45, 7) is 3.70. The number of nitrogens with one attached hydrogen (secondary N) is 2. The highest BCUT2D eigenvalue weighted by atomic mass is 32.2.